The Morgan fingerprint density at radius 1 is 1.04 bits per heavy atom. The number of carbonyl (C=O) groups is 4. The number of nitrogens with one attached hydrogen (secondary N) is 1. The molecule has 4 aromatic rings. The van der Waals surface area contributed by atoms with Gasteiger partial charge in [-0.25, -0.2) is 9.07 Å². The van der Waals surface area contributed by atoms with E-state index in [9.17, 15) is 42.0 Å². The molecule has 0 aliphatic carbocycles. The number of fused-ring (bicyclic) bond motifs is 1. The lowest BCUT2D eigenvalue weighted by atomic mass is 9.80. The standard InChI is InChI=1S/C35H30F4N6O5/c1-3-44-32-28(30(42-45(32)25-10-5-4-6-11-25)33(48)43(19-17-40)18-16-26(46)50-2)27(21-12-14-24(36)15-13-21)29(34(44)49)41-31(47)22-8-7-9-23(20-22)35(37,38)39/h4-15,20,27,29H,3,16,18-19H2,1-2H3,(H,41,47)/t27-,29-/m1/s1. The van der Waals surface area contributed by atoms with Crippen molar-refractivity contribution in [2.45, 2.75) is 31.5 Å². The summed E-state index contributed by atoms with van der Waals surface area (Å²) in [6, 6.07) is 17.6. The molecule has 5 rings (SSSR count). The van der Waals surface area contributed by atoms with Crippen LogP contribution in [0.2, 0.25) is 0 Å². The monoisotopic (exact) mass is 690 g/mol. The first-order valence-electron chi connectivity index (χ1n) is 15.4. The lowest BCUT2D eigenvalue weighted by Crippen LogP contribution is -2.55. The van der Waals surface area contributed by atoms with E-state index in [0.29, 0.717) is 11.8 Å². The minimum absolute atomic E-state index is 0.00824. The molecule has 0 unspecified atom stereocenters. The Kier molecular flexibility index (Phi) is 10.3. The summed E-state index contributed by atoms with van der Waals surface area (Å²) >= 11 is 0. The molecule has 1 N–H and O–H groups in total. The topological polar surface area (TPSA) is 138 Å². The maximum Gasteiger partial charge on any atom is 0.416 e. The predicted molar refractivity (Wildman–Crippen MR) is 171 cm³/mol. The van der Waals surface area contributed by atoms with Gasteiger partial charge in [0.1, 0.15) is 24.2 Å². The van der Waals surface area contributed by atoms with Crippen molar-refractivity contribution < 1.29 is 41.5 Å². The Balaban J connectivity index is 1.74. The molecule has 2 atom stereocenters. The molecule has 0 radical (unpaired) electrons. The highest BCUT2D eigenvalue weighted by molar-refractivity contribution is 6.07. The average Bonchev–Trinajstić information content (AvgIpc) is 3.50. The van der Waals surface area contributed by atoms with E-state index in [4.69, 9.17) is 4.74 Å². The van der Waals surface area contributed by atoms with Crippen molar-refractivity contribution in [3.63, 3.8) is 0 Å². The SMILES string of the molecule is CCN1C(=O)[C@H](NC(=O)c2cccc(C(F)(F)F)c2)[C@H](c2ccc(F)cc2)c2c(C(=O)N(CC#N)CCC(=O)OC)nn(-c3ccccc3)c21. The molecule has 1 aliphatic heterocycles. The van der Waals surface area contributed by atoms with Gasteiger partial charge in [0.15, 0.2) is 5.69 Å². The molecule has 3 aromatic carbocycles. The van der Waals surface area contributed by atoms with Crippen molar-refractivity contribution in [1.29, 1.82) is 5.26 Å². The van der Waals surface area contributed by atoms with Crippen molar-refractivity contribution in [3.8, 4) is 11.8 Å². The van der Waals surface area contributed by atoms with Crippen LogP contribution in [0.3, 0.4) is 0 Å². The van der Waals surface area contributed by atoms with Gasteiger partial charge >= 0.3 is 12.1 Å². The minimum atomic E-state index is -4.74. The van der Waals surface area contributed by atoms with Crippen LogP contribution in [0.25, 0.3) is 5.69 Å². The number of amides is 3. The summed E-state index contributed by atoms with van der Waals surface area (Å²) in [5.41, 5.74) is -0.841. The highest BCUT2D eigenvalue weighted by atomic mass is 19.4. The molecule has 11 nitrogen and oxygen atoms in total. The third-order valence-corrected chi connectivity index (χ3v) is 8.18. The van der Waals surface area contributed by atoms with Gasteiger partial charge in [-0.2, -0.15) is 23.5 Å². The van der Waals surface area contributed by atoms with Crippen LogP contribution >= 0.6 is 0 Å². The second-order valence-corrected chi connectivity index (χ2v) is 11.2. The number of para-hydroxylation sites is 1. The zero-order chi connectivity index (χ0) is 36.2. The van der Waals surface area contributed by atoms with Gasteiger partial charge in [-0.15, -0.1) is 0 Å². The van der Waals surface area contributed by atoms with E-state index in [-0.39, 0.29) is 47.7 Å². The van der Waals surface area contributed by atoms with Crippen LogP contribution in [-0.4, -0.2) is 71.2 Å². The Labute approximate surface area is 283 Å². The van der Waals surface area contributed by atoms with Gasteiger partial charge in [-0.1, -0.05) is 36.4 Å². The van der Waals surface area contributed by atoms with Crippen LogP contribution in [0.15, 0.2) is 78.9 Å². The Morgan fingerprint density at radius 2 is 1.74 bits per heavy atom. The smallest absolute Gasteiger partial charge is 0.416 e. The number of halogens is 4. The number of nitriles is 1. The molecular weight excluding hydrogens is 660 g/mol. The van der Waals surface area contributed by atoms with E-state index >= 15 is 0 Å². The van der Waals surface area contributed by atoms with Crippen LogP contribution < -0.4 is 10.2 Å². The molecule has 1 aromatic heterocycles. The molecule has 0 spiro atoms. The van der Waals surface area contributed by atoms with Crippen molar-refractivity contribution in [3.05, 3.63) is 113 Å². The van der Waals surface area contributed by atoms with Gasteiger partial charge in [-0.05, 0) is 55.0 Å². The highest BCUT2D eigenvalue weighted by Crippen LogP contribution is 2.44. The van der Waals surface area contributed by atoms with Gasteiger partial charge in [0, 0.05) is 30.1 Å². The van der Waals surface area contributed by atoms with Gasteiger partial charge in [0.2, 0.25) is 0 Å². The van der Waals surface area contributed by atoms with Gasteiger partial charge in [0.05, 0.1) is 30.9 Å². The number of methoxy groups -OCH3 is 1. The number of likely N-dealkylation sites (N-methyl/N-ethyl adjacent to an activating group) is 1. The van der Waals surface area contributed by atoms with Crippen LogP contribution in [-0.2, 0) is 20.5 Å². The fourth-order valence-electron chi connectivity index (χ4n) is 5.81. The van der Waals surface area contributed by atoms with Crippen molar-refractivity contribution in [2.24, 2.45) is 0 Å². The van der Waals surface area contributed by atoms with E-state index < -0.39 is 59.8 Å². The molecule has 0 bridgehead atoms. The van der Waals surface area contributed by atoms with Crippen LogP contribution in [0, 0.1) is 17.1 Å². The third-order valence-electron chi connectivity index (χ3n) is 8.18. The molecule has 0 saturated carbocycles. The van der Waals surface area contributed by atoms with E-state index in [1.807, 2.05) is 6.07 Å². The number of esters is 1. The van der Waals surface area contributed by atoms with Crippen molar-refractivity contribution in [1.82, 2.24) is 20.0 Å². The molecule has 50 heavy (non-hydrogen) atoms. The number of aromatic nitrogens is 2. The molecule has 0 fully saturated rings. The van der Waals surface area contributed by atoms with E-state index in [2.05, 4.69) is 10.4 Å². The summed E-state index contributed by atoms with van der Waals surface area (Å²) < 4.78 is 60.9. The average molecular weight is 691 g/mol. The molecule has 2 heterocycles. The Hall–Kier alpha value is -6.04. The van der Waals surface area contributed by atoms with E-state index in [1.165, 1.54) is 28.8 Å². The Bertz CT molecular complexity index is 1960. The number of hydrogen-bond donors (Lipinski definition) is 1. The third kappa shape index (κ3) is 7.05. The van der Waals surface area contributed by atoms with Crippen molar-refractivity contribution >= 4 is 29.5 Å². The molecule has 1 aliphatic rings. The second kappa shape index (κ2) is 14.6. The molecule has 258 valence electrons. The summed E-state index contributed by atoms with van der Waals surface area (Å²) in [6.45, 7) is 0.984. The number of anilines is 1. The first-order chi connectivity index (χ1) is 23.9. The van der Waals surface area contributed by atoms with Gasteiger partial charge < -0.3 is 15.0 Å². The maximum absolute atomic E-state index is 14.4. The molecule has 3 amide bonds. The van der Waals surface area contributed by atoms with Crippen LogP contribution in [0.1, 0.15) is 56.8 Å². The van der Waals surface area contributed by atoms with Gasteiger partial charge in [-0.3, -0.25) is 24.1 Å². The fraction of sp³-hybridized carbons (Fsp3) is 0.257. The molecular formula is C35H30F4N6O5. The number of alkyl halides is 3. The summed E-state index contributed by atoms with van der Waals surface area (Å²) in [7, 11) is 1.17. The van der Waals surface area contributed by atoms with Crippen LogP contribution in [0.5, 0.6) is 0 Å². The van der Waals surface area contributed by atoms with E-state index in [1.54, 1.807) is 37.3 Å². The zero-order valence-corrected chi connectivity index (χ0v) is 26.8. The number of ether oxygens (including phenoxy) is 1. The number of benzene rings is 3. The normalized spacial score (nSPS) is 15.5. The maximum atomic E-state index is 14.4. The first-order valence-corrected chi connectivity index (χ1v) is 15.4. The number of rotatable bonds is 10. The number of nitrogens with zero attached hydrogens (tertiary/aromatic N) is 5. The summed E-state index contributed by atoms with van der Waals surface area (Å²) in [4.78, 5) is 56.7. The minimum Gasteiger partial charge on any atom is -0.469 e. The lowest BCUT2D eigenvalue weighted by molar-refractivity contribution is -0.141. The lowest BCUT2D eigenvalue weighted by Gasteiger charge is -2.38. The largest absolute Gasteiger partial charge is 0.469 e. The number of carbonyl (C=O) groups excluding carboxylic acids is 4. The summed E-state index contributed by atoms with van der Waals surface area (Å²) in [5, 5.41) is 16.8. The molecule has 0 saturated heterocycles. The Morgan fingerprint density at radius 3 is 2.36 bits per heavy atom. The number of hydrogen-bond acceptors (Lipinski definition) is 7. The first kappa shape index (κ1) is 35.3. The predicted octanol–water partition coefficient (Wildman–Crippen LogP) is 4.86. The summed E-state index contributed by atoms with van der Waals surface area (Å²) in [6.07, 6.45) is -4.99. The van der Waals surface area contributed by atoms with E-state index in [0.717, 1.165) is 35.2 Å². The van der Waals surface area contributed by atoms with Gasteiger partial charge in [0.25, 0.3) is 17.7 Å². The second-order valence-electron chi connectivity index (χ2n) is 11.2. The summed E-state index contributed by atoms with van der Waals surface area (Å²) in [5.74, 6) is -4.80. The zero-order valence-electron chi connectivity index (χ0n) is 26.8. The highest BCUT2D eigenvalue weighted by Gasteiger charge is 2.48. The van der Waals surface area contributed by atoms with Crippen LogP contribution in [0.4, 0.5) is 23.4 Å². The van der Waals surface area contributed by atoms with Crippen molar-refractivity contribution in [2.75, 3.05) is 31.6 Å². The molecule has 15 heteroatoms. The quantitative estimate of drug-likeness (QED) is 0.143. The fourth-order valence-corrected chi connectivity index (χ4v) is 5.81.